The van der Waals surface area contributed by atoms with Crippen molar-refractivity contribution < 1.29 is 4.39 Å². The van der Waals surface area contributed by atoms with Crippen molar-refractivity contribution in [2.75, 3.05) is 5.73 Å². The van der Waals surface area contributed by atoms with Gasteiger partial charge in [-0.1, -0.05) is 13.8 Å². The third kappa shape index (κ3) is 2.37. The fourth-order valence-electron chi connectivity index (χ4n) is 2.03. The first-order valence-corrected chi connectivity index (χ1v) is 6.08. The van der Waals surface area contributed by atoms with E-state index >= 15 is 0 Å². The van der Waals surface area contributed by atoms with E-state index in [9.17, 15) is 4.39 Å². The molecule has 0 aliphatic rings. The molecular formula is C14H18FN3. The number of anilines is 1. The summed E-state index contributed by atoms with van der Waals surface area (Å²) >= 11 is 0. The Morgan fingerprint density at radius 1 is 1.39 bits per heavy atom. The van der Waals surface area contributed by atoms with E-state index in [0.717, 1.165) is 23.2 Å². The van der Waals surface area contributed by atoms with Gasteiger partial charge in [0.05, 0.1) is 5.69 Å². The summed E-state index contributed by atoms with van der Waals surface area (Å²) in [5.41, 5.74) is 9.33. The molecule has 0 saturated heterocycles. The predicted octanol–water partition coefficient (Wildman–Crippen LogP) is 3.30. The zero-order chi connectivity index (χ0) is 13.3. The summed E-state index contributed by atoms with van der Waals surface area (Å²) in [6.45, 7) is 6.01. The first-order chi connectivity index (χ1) is 8.49. The van der Waals surface area contributed by atoms with Crippen molar-refractivity contribution in [3.05, 3.63) is 35.1 Å². The molecule has 2 aromatic rings. The summed E-state index contributed by atoms with van der Waals surface area (Å²) in [6.07, 6.45) is 0.855. The van der Waals surface area contributed by atoms with Crippen molar-refractivity contribution in [3.63, 3.8) is 0 Å². The summed E-state index contributed by atoms with van der Waals surface area (Å²) in [4.78, 5) is 0. The number of halogens is 1. The molecule has 1 aromatic carbocycles. The highest BCUT2D eigenvalue weighted by molar-refractivity contribution is 5.68. The predicted molar refractivity (Wildman–Crippen MR) is 71.7 cm³/mol. The summed E-state index contributed by atoms with van der Waals surface area (Å²) in [5, 5.41) is 7.00. The number of nitrogen functional groups attached to an aromatic ring is 1. The van der Waals surface area contributed by atoms with Crippen molar-refractivity contribution in [1.29, 1.82) is 0 Å². The normalized spacial score (nSPS) is 11.2. The van der Waals surface area contributed by atoms with Gasteiger partial charge in [0.15, 0.2) is 0 Å². The SMILES string of the molecule is Cc1cc(-c2[nH]nc(N)c2CC(C)C)ccc1F. The standard InChI is InChI=1S/C14H18FN3/c1-8(2)6-11-13(17-18-14(11)16)10-4-5-12(15)9(3)7-10/h4-5,7-8H,6H2,1-3H3,(H3,16,17,18). The fourth-order valence-corrected chi connectivity index (χ4v) is 2.03. The largest absolute Gasteiger partial charge is 0.382 e. The van der Waals surface area contributed by atoms with E-state index in [4.69, 9.17) is 5.73 Å². The lowest BCUT2D eigenvalue weighted by Gasteiger charge is -2.08. The Hall–Kier alpha value is -1.84. The van der Waals surface area contributed by atoms with Crippen LogP contribution in [0.25, 0.3) is 11.3 Å². The molecule has 0 unspecified atom stereocenters. The molecule has 0 aliphatic heterocycles. The van der Waals surface area contributed by atoms with Crippen LogP contribution in [0.15, 0.2) is 18.2 Å². The van der Waals surface area contributed by atoms with Crippen LogP contribution < -0.4 is 5.73 Å². The average Bonchev–Trinajstić information content (AvgIpc) is 2.64. The van der Waals surface area contributed by atoms with E-state index in [-0.39, 0.29) is 5.82 Å². The minimum Gasteiger partial charge on any atom is -0.382 e. The van der Waals surface area contributed by atoms with Crippen LogP contribution in [0.4, 0.5) is 10.2 Å². The maximum atomic E-state index is 13.3. The lowest BCUT2D eigenvalue weighted by molar-refractivity contribution is 0.618. The van der Waals surface area contributed by atoms with Gasteiger partial charge in [0.25, 0.3) is 0 Å². The van der Waals surface area contributed by atoms with Gasteiger partial charge in [0.2, 0.25) is 0 Å². The zero-order valence-corrected chi connectivity index (χ0v) is 10.9. The Balaban J connectivity index is 2.47. The number of aromatic nitrogens is 2. The van der Waals surface area contributed by atoms with E-state index in [0.29, 0.717) is 17.3 Å². The van der Waals surface area contributed by atoms with Gasteiger partial charge in [-0.3, -0.25) is 5.10 Å². The van der Waals surface area contributed by atoms with E-state index in [1.54, 1.807) is 13.0 Å². The first kappa shape index (κ1) is 12.6. The molecule has 18 heavy (non-hydrogen) atoms. The molecule has 3 N–H and O–H groups in total. The summed E-state index contributed by atoms with van der Waals surface area (Å²) < 4.78 is 13.3. The minimum atomic E-state index is -0.198. The van der Waals surface area contributed by atoms with Gasteiger partial charge < -0.3 is 5.73 Å². The molecule has 0 bridgehead atoms. The number of benzene rings is 1. The lowest BCUT2D eigenvalue weighted by Crippen LogP contribution is -1.99. The molecule has 0 radical (unpaired) electrons. The van der Waals surface area contributed by atoms with E-state index in [1.807, 2.05) is 6.07 Å². The van der Waals surface area contributed by atoms with E-state index in [1.165, 1.54) is 6.07 Å². The smallest absolute Gasteiger partial charge is 0.149 e. The fraction of sp³-hybridized carbons (Fsp3) is 0.357. The van der Waals surface area contributed by atoms with E-state index < -0.39 is 0 Å². The molecule has 0 saturated carbocycles. The molecule has 4 heteroatoms. The second kappa shape index (κ2) is 4.80. The average molecular weight is 247 g/mol. The topological polar surface area (TPSA) is 54.7 Å². The van der Waals surface area contributed by atoms with E-state index in [2.05, 4.69) is 24.0 Å². The molecule has 0 atom stereocenters. The number of hydrogen-bond acceptors (Lipinski definition) is 2. The Kier molecular flexibility index (Phi) is 3.36. The molecule has 0 spiro atoms. The number of aromatic amines is 1. The highest BCUT2D eigenvalue weighted by Crippen LogP contribution is 2.28. The maximum absolute atomic E-state index is 13.3. The summed E-state index contributed by atoms with van der Waals surface area (Å²) in [6, 6.07) is 5.03. The van der Waals surface area contributed by atoms with Gasteiger partial charge in [-0.2, -0.15) is 5.10 Å². The van der Waals surface area contributed by atoms with Gasteiger partial charge in [-0.15, -0.1) is 0 Å². The van der Waals surface area contributed by atoms with Gasteiger partial charge >= 0.3 is 0 Å². The number of rotatable bonds is 3. The Morgan fingerprint density at radius 2 is 2.11 bits per heavy atom. The van der Waals surface area contributed by atoms with Crippen LogP contribution in [0.2, 0.25) is 0 Å². The molecule has 3 nitrogen and oxygen atoms in total. The van der Waals surface area contributed by atoms with Gasteiger partial charge in [0, 0.05) is 11.1 Å². The first-order valence-electron chi connectivity index (χ1n) is 6.08. The van der Waals surface area contributed by atoms with Crippen LogP contribution in [-0.2, 0) is 6.42 Å². The van der Waals surface area contributed by atoms with Crippen molar-refractivity contribution in [2.24, 2.45) is 5.92 Å². The van der Waals surface area contributed by atoms with Crippen LogP contribution in [0.3, 0.4) is 0 Å². The Labute approximate surface area is 106 Å². The third-order valence-corrected chi connectivity index (χ3v) is 2.96. The zero-order valence-electron chi connectivity index (χ0n) is 10.9. The molecule has 0 fully saturated rings. The van der Waals surface area contributed by atoms with Crippen molar-refractivity contribution in [3.8, 4) is 11.3 Å². The second-order valence-electron chi connectivity index (χ2n) is 5.02. The van der Waals surface area contributed by atoms with Gasteiger partial charge in [-0.05, 0) is 43.0 Å². The molecular weight excluding hydrogens is 229 g/mol. The number of H-pyrrole nitrogens is 1. The number of nitrogens with one attached hydrogen (secondary N) is 1. The van der Waals surface area contributed by atoms with Gasteiger partial charge in [0.1, 0.15) is 11.6 Å². The summed E-state index contributed by atoms with van der Waals surface area (Å²) in [5.74, 6) is 0.822. The number of nitrogens with zero attached hydrogens (tertiary/aromatic N) is 1. The van der Waals surface area contributed by atoms with Crippen molar-refractivity contribution in [2.45, 2.75) is 27.2 Å². The number of hydrogen-bond donors (Lipinski definition) is 2. The van der Waals surface area contributed by atoms with Crippen LogP contribution in [0.5, 0.6) is 0 Å². The molecule has 1 aromatic heterocycles. The Bertz CT molecular complexity index is 558. The number of aryl methyl sites for hydroxylation is 1. The van der Waals surface area contributed by atoms with Crippen LogP contribution in [-0.4, -0.2) is 10.2 Å². The molecule has 1 heterocycles. The molecule has 96 valence electrons. The lowest BCUT2D eigenvalue weighted by atomic mass is 9.98. The quantitative estimate of drug-likeness (QED) is 0.874. The van der Waals surface area contributed by atoms with Crippen LogP contribution >= 0.6 is 0 Å². The second-order valence-corrected chi connectivity index (χ2v) is 5.02. The highest BCUT2D eigenvalue weighted by Gasteiger charge is 2.14. The van der Waals surface area contributed by atoms with Gasteiger partial charge in [-0.25, -0.2) is 4.39 Å². The third-order valence-electron chi connectivity index (χ3n) is 2.96. The van der Waals surface area contributed by atoms with Crippen molar-refractivity contribution in [1.82, 2.24) is 10.2 Å². The Morgan fingerprint density at radius 3 is 2.72 bits per heavy atom. The number of nitrogens with two attached hydrogens (primary N) is 1. The monoisotopic (exact) mass is 247 g/mol. The minimum absolute atomic E-state index is 0.198. The summed E-state index contributed by atoms with van der Waals surface area (Å²) in [7, 11) is 0. The molecule has 2 rings (SSSR count). The highest BCUT2D eigenvalue weighted by atomic mass is 19.1. The molecule has 0 aliphatic carbocycles. The molecule has 0 amide bonds. The van der Waals surface area contributed by atoms with Crippen LogP contribution in [0.1, 0.15) is 25.0 Å². The van der Waals surface area contributed by atoms with Crippen LogP contribution in [0, 0.1) is 18.7 Å². The van der Waals surface area contributed by atoms with Crippen molar-refractivity contribution >= 4 is 5.82 Å². The maximum Gasteiger partial charge on any atom is 0.149 e.